The highest BCUT2D eigenvalue weighted by molar-refractivity contribution is 5.24. The molecule has 0 aromatic carbocycles. The third kappa shape index (κ3) is 2.97. The molecule has 1 aromatic heterocycles. The molecular weight excluding hydrogens is 216 g/mol. The van der Waals surface area contributed by atoms with Crippen LogP contribution in [-0.2, 0) is 6.54 Å². The Morgan fingerprint density at radius 3 is 2.82 bits per heavy atom. The second kappa shape index (κ2) is 5.49. The van der Waals surface area contributed by atoms with Gasteiger partial charge in [-0.05, 0) is 31.1 Å². The van der Waals surface area contributed by atoms with Crippen LogP contribution in [0.1, 0.15) is 39.0 Å². The van der Waals surface area contributed by atoms with Crippen LogP contribution in [0.25, 0.3) is 0 Å². The van der Waals surface area contributed by atoms with Crippen molar-refractivity contribution in [3.8, 4) is 0 Å². The lowest BCUT2D eigenvalue weighted by atomic mass is 9.89. The molecule has 0 amide bonds. The molecule has 2 heterocycles. The summed E-state index contributed by atoms with van der Waals surface area (Å²) in [5.41, 5.74) is 5.47. The molecule has 0 bridgehead atoms. The molecule has 1 fully saturated rings. The highest BCUT2D eigenvalue weighted by atomic mass is 16.4. The van der Waals surface area contributed by atoms with Crippen molar-refractivity contribution in [2.75, 3.05) is 18.0 Å². The van der Waals surface area contributed by atoms with E-state index in [1.807, 2.05) is 0 Å². The van der Waals surface area contributed by atoms with Crippen LogP contribution >= 0.6 is 0 Å². The van der Waals surface area contributed by atoms with Gasteiger partial charge in [0.1, 0.15) is 0 Å². The van der Waals surface area contributed by atoms with Crippen LogP contribution in [0.15, 0.2) is 4.42 Å². The number of anilines is 1. The van der Waals surface area contributed by atoms with E-state index < -0.39 is 0 Å². The van der Waals surface area contributed by atoms with Gasteiger partial charge in [0.15, 0.2) is 0 Å². The zero-order valence-electron chi connectivity index (χ0n) is 10.7. The van der Waals surface area contributed by atoms with Gasteiger partial charge in [-0.1, -0.05) is 18.9 Å². The maximum absolute atomic E-state index is 5.50. The van der Waals surface area contributed by atoms with Crippen LogP contribution < -0.4 is 10.6 Å². The average Bonchev–Trinajstić information content (AvgIpc) is 2.65. The Morgan fingerprint density at radius 2 is 2.18 bits per heavy atom. The lowest BCUT2D eigenvalue weighted by Crippen LogP contribution is -2.24. The Labute approximate surface area is 102 Å². The van der Waals surface area contributed by atoms with Gasteiger partial charge in [0.2, 0.25) is 5.89 Å². The zero-order chi connectivity index (χ0) is 12.3. The summed E-state index contributed by atoms with van der Waals surface area (Å²) in [4.78, 5) is 2.19. The first kappa shape index (κ1) is 12.4. The molecule has 0 radical (unpaired) electrons. The predicted octanol–water partition coefficient (Wildman–Crippen LogP) is 1.79. The topological polar surface area (TPSA) is 68.2 Å². The summed E-state index contributed by atoms with van der Waals surface area (Å²) in [6.45, 7) is 6.94. The fourth-order valence-corrected chi connectivity index (χ4v) is 2.44. The second-order valence-electron chi connectivity index (χ2n) is 5.10. The molecule has 5 heteroatoms. The predicted molar refractivity (Wildman–Crippen MR) is 66.6 cm³/mol. The summed E-state index contributed by atoms with van der Waals surface area (Å²) in [7, 11) is 0. The maximum atomic E-state index is 5.50. The lowest BCUT2D eigenvalue weighted by molar-refractivity contribution is 0.350. The molecule has 96 valence electrons. The van der Waals surface area contributed by atoms with Gasteiger partial charge in [-0.15, -0.1) is 5.10 Å². The van der Waals surface area contributed by atoms with E-state index in [2.05, 4.69) is 28.9 Å². The van der Waals surface area contributed by atoms with Crippen LogP contribution in [0.2, 0.25) is 0 Å². The van der Waals surface area contributed by atoms with E-state index in [1.54, 1.807) is 0 Å². The minimum absolute atomic E-state index is 0.315. The minimum atomic E-state index is 0.315. The molecule has 0 aliphatic carbocycles. The van der Waals surface area contributed by atoms with Crippen molar-refractivity contribution in [3.05, 3.63) is 5.89 Å². The monoisotopic (exact) mass is 238 g/mol. The standard InChI is InChI=1S/C12H22N4O/c1-9(2)10-4-3-6-16(7-5-10)12-15-14-11(8-13)17-12/h9-10H,3-8,13H2,1-2H3. The number of hydrogen-bond acceptors (Lipinski definition) is 5. The largest absolute Gasteiger partial charge is 0.407 e. The summed E-state index contributed by atoms with van der Waals surface area (Å²) in [6, 6.07) is 0.634. The van der Waals surface area contributed by atoms with Gasteiger partial charge in [-0.25, -0.2) is 0 Å². The molecule has 1 aromatic rings. The highest BCUT2D eigenvalue weighted by Gasteiger charge is 2.22. The summed E-state index contributed by atoms with van der Waals surface area (Å²) < 4.78 is 5.50. The van der Waals surface area contributed by atoms with E-state index in [-0.39, 0.29) is 0 Å². The number of rotatable bonds is 3. The van der Waals surface area contributed by atoms with Gasteiger partial charge >= 0.3 is 6.01 Å². The fraction of sp³-hybridized carbons (Fsp3) is 0.833. The van der Waals surface area contributed by atoms with E-state index in [1.165, 1.54) is 19.3 Å². The van der Waals surface area contributed by atoms with Crippen molar-refractivity contribution in [3.63, 3.8) is 0 Å². The molecular formula is C12H22N4O. The Bertz CT molecular complexity index is 350. The molecule has 1 atom stereocenters. The summed E-state index contributed by atoms with van der Waals surface area (Å²) in [5, 5.41) is 7.96. The van der Waals surface area contributed by atoms with Crippen LogP contribution in [-0.4, -0.2) is 23.3 Å². The van der Waals surface area contributed by atoms with Gasteiger partial charge in [0.05, 0.1) is 6.54 Å². The molecule has 1 aliphatic heterocycles. The Kier molecular flexibility index (Phi) is 3.99. The van der Waals surface area contributed by atoms with Gasteiger partial charge in [0.25, 0.3) is 0 Å². The second-order valence-corrected chi connectivity index (χ2v) is 5.10. The van der Waals surface area contributed by atoms with Gasteiger partial charge in [-0.2, -0.15) is 0 Å². The molecule has 0 spiro atoms. The zero-order valence-corrected chi connectivity index (χ0v) is 10.7. The van der Waals surface area contributed by atoms with Crippen molar-refractivity contribution in [2.24, 2.45) is 17.6 Å². The molecule has 2 rings (SSSR count). The fourth-order valence-electron chi connectivity index (χ4n) is 2.44. The van der Waals surface area contributed by atoms with Gasteiger partial charge in [-0.3, -0.25) is 0 Å². The number of nitrogens with two attached hydrogens (primary N) is 1. The highest BCUT2D eigenvalue weighted by Crippen LogP contribution is 2.26. The first-order chi connectivity index (χ1) is 8.20. The van der Waals surface area contributed by atoms with E-state index >= 15 is 0 Å². The molecule has 2 N–H and O–H groups in total. The van der Waals surface area contributed by atoms with E-state index in [9.17, 15) is 0 Å². The third-order valence-corrected chi connectivity index (χ3v) is 3.62. The van der Waals surface area contributed by atoms with E-state index in [0.717, 1.165) is 24.9 Å². The minimum Gasteiger partial charge on any atom is -0.407 e. The third-order valence-electron chi connectivity index (χ3n) is 3.62. The van der Waals surface area contributed by atoms with Crippen molar-refractivity contribution < 1.29 is 4.42 Å². The normalized spacial score (nSPS) is 21.9. The molecule has 1 saturated heterocycles. The first-order valence-electron chi connectivity index (χ1n) is 6.48. The van der Waals surface area contributed by atoms with Crippen molar-refractivity contribution in [1.82, 2.24) is 10.2 Å². The quantitative estimate of drug-likeness (QED) is 0.869. The number of aromatic nitrogens is 2. The lowest BCUT2D eigenvalue weighted by Gasteiger charge is -2.19. The average molecular weight is 238 g/mol. The smallest absolute Gasteiger partial charge is 0.318 e. The Hall–Kier alpha value is -1.10. The van der Waals surface area contributed by atoms with Crippen LogP contribution in [0.4, 0.5) is 6.01 Å². The first-order valence-corrected chi connectivity index (χ1v) is 6.48. The molecule has 1 aliphatic rings. The van der Waals surface area contributed by atoms with Gasteiger partial charge in [0, 0.05) is 13.1 Å². The molecule has 0 saturated carbocycles. The van der Waals surface area contributed by atoms with Crippen LogP contribution in [0.3, 0.4) is 0 Å². The SMILES string of the molecule is CC(C)C1CCCN(c2nnc(CN)o2)CC1. The number of nitrogens with zero attached hydrogens (tertiary/aromatic N) is 3. The van der Waals surface area contributed by atoms with Crippen molar-refractivity contribution >= 4 is 6.01 Å². The van der Waals surface area contributed by atoms with Crippen molar-refractivity contribution in [2.45, 2.75) is 39.7 Å². The summed E-state index contributed by atoms with van der Waals surface area (Å²) >= 11 is 0. The molecule has 17 heavy (non-hydrogen) atoms. The maximum Gasteiger partial charge on any atom is 0.318 e. The Balaban J connectivity index is 1.98. The number of hydrogen-bond donors (Lipinski definition) is 1. The molecule has 5 nitrogen and oxygen atoms in total. The molecule has 1 unspecified atom stereocenters. The van der Waals surface area contributed by atoms with Crippen LogP contribution in [0.5, 0.6) is 0 Å². The summed E-state index contributed by atoms with van der Waals surface area (Å²) in [5.74, 6) is 2.10. The Morgan fingerprint density at radius 1 is 1.35 bits per heavy atom. The van der Waals surface area contributed by atoms with Gasteiger partial charge < -0.3 is 15.1 Å². The van der Waals surface area contributed by atoms with E-state index in [0.29, 0.717) is 18.5 Å². The van der Waals surface area contributed by atoms with Crippen molar-refractivity contribution in [1.29, 1.82) is 0 Å². The summed E-state index contributed by atoms with van der Waals surface area (Å²) in [6.07, 6.45) is 3.70. The van der Waals surface area contributed by atoms with E-state index in [4.69, 9.17) is 10.2 Å². The van der Waals surface area contributed by atoms with Crippen LogP contribution in [0, 0.1) is 11.8 Å².